The summed E-state index contributed by atoms with van der Waals surface area (Å²) in [5, 5.41) is 3.00. The predicted molar refractivity (Wildman–Crippen MR) is 78.2 cm³/mol. The zero-order valence-corrected chi connectivity index (χ0v) is 12.5. The Morgan fingerprint density at radius 2 is 2.16 bits per heavy atom. The molecule has 0 spiro atoms. The van der Waals surface area contributed by atoms with Gasteiger partial charge in [0, 0.05) is 26.6 Å². The third kappa shape index (κ3) is 6.03. The average molecular weight is 289 g/mol. The second-order valence-corrected chi connectivity index (χ2v) is 4.58. The molecule has 1 aromatic rings. The highest BCUT2D eigenvalue weighted by Gasteiger charge is 2.14. The van der Waals surface area contributed by atoms with E-state index < -0.39 is 0 Å². The van der Waals surface area contributed by atoms with Gasteiger partial charge >= 0.3 is 0 Å². The lowest BCUT2D eigenvalue weighted by Crippen LogP contribution is -2.33. The number of hydrogen-bond donors (Lipinski definition) is 1. The summed E-state index contributed by atoms with van der Waals surface area (Å²) in [5.41, 5.74) is 0.866. The van der Waals surface area contributed by atoms with E-state index >= 15 is 0 Å². The van der Waals surface area contributed by atoms with Gasteiger partial charge in [0.1, 0.15) is 5.82 Å². The monoisotopic (exact) mass is 288 g/mol. The molecule has 0 aliphatic heterocycles. The van der Waals surface area contributed by atoms with Gasteiger partial charge in [0.15, 0.2) is 0 Å². The molecule has 1 atom stereocenters. The summed E-state index contributed by atoms with van der Waals surface area (Å²) >= 11 is 0. The Hall–Kier alpha value is -1.13. The van der Waals surface area contributed by atoms with E-state index in [2.05, 4.69) is 5.32 Å². The Bertz CT molecular complexity index is 401. The van der Waals surface area contributed by atoms with E-state index in [4.69, 9.17) is 0 Å². The molecule has 0 fully saturated rings. The first-order valence-corrected chi connectivity index (χ1v) is 6.18. The van der Waals surface area contributed by atoms with Gasteiger partial charge in [0.25, 0.3) is 0 Å². The van der Waals surface area contributed by atoms with E-state index in [-0.39, 0.29) is 30.0 Å². The van der Waals surface area contributed by atoms with Crippen LogP contribution >= 0.6 is 12.4 Å². The third-order valence-corrected chi connectivity index (χ3v) is 3.02. The number of benzene rings is 1. The fraction of sp³-hybridized carbons (Fsp3) is 0.500. The number of carbonyl (C=O) groups is 1. The molecule has 0 aromatic heterocycles. The van der Waals surface area contributed by atoms with E-state index in [1.54, 1.807) is 18.0 Å². The zero-order chi connectivity index (χ0) is 13.5. The molecular formula is C14H22ClFN2O. The molecular weight excluding hydrogens is 267 g/mol. The number of carbonyl (C=O) groups excluding carboxylic acids is 1. The maximum absolute atomic E-state index is 13.1. The van der Waals surface area contributed by atoms with Crippen LogP contribution in [-0.2, 0) is 4.79 Å². The molecule has 1 unspecified atom stereocenters. The summed E-state index contributed by atoms with van der Waals surface area (Å²) in [6.07, 6.45) is 0.406. The van der Waals surface area contributed by atoms with Crippen LogP contribution in [0.25, 0.3) is 0 Å². The van der Waals surface area contributed by atoms with Gasteiger partial charge < -0.3 is 10.2 Å². The first-order chi connectivity index (χ1) is 8.54. The number of nitrogens with zero attached hydrogens (tertiary/aromatic N) is 1. The Balaban J connectivity index is 0.00000324. The van der Waals surface area contributed by atoms with Crippen LogP contribution in [0.3, 0.4) is 0 Å². The van der Waals surface area contributed by atoms with E-state index in [9.17, 15) is 9.18 Å². The number of hydrogen-bond acceptors (Lipinski definition) is 2. The smallest absolute Gasteiger partial charge is 0.222 e. The van der Waals surface area contributed by atoms with Gasteiger partial charge in [-0.1, -0.05) is 19.1 Å². The molecule has 1 amide bonds. The lowest BCUT2D eigenvalue weighted by atomic mass is 9.97. The topological polar surface area (TPSA) is 32.3 Å². The second kappa shape index (κ2) is 8.88. The van der Waals surface area contributed by atoms with Crippen molar-refractivity contribution in [2.45, 2.75) is 19.3 Å². The number of amides is 1. The van der Waals surface area contributed by atoms with Gasteiger partial charge in [0.2, 0.25) is 5.91 Å². The summed E-state index contributed by atoms with van der Waals surface area (Å²) in [5.74, 6) is -0.136. The van der Waals surface area contributed by atoms with Crippen LogP contribution in [0.4, 0.5) is 4.39 Å². The van der Waals surface area contributed by atoms with Crippen molar-refractivity contribution in [3.63, 3.8) is 0 Å². The molecule has 0 saturated carbocycles. The molecule has 0 aliphatic rings. The summed E-state index contributed by atoms with van der Waals surface area (Å²) in [6, 6.07) is 6.44. The third-order valence-electron chi connectivity index (χ3n) is 3.02. The molecule has 1 rings (SSSR count). The van der Waals surface area contributed by atoms with Crippen LogP contribution < -0.4 is 5.32 Å². The Labute approximate surface area is 120 Å². The van der Waals surface area contributed by atoms with E-state index in [1.165, 1.54) is 12.1 Å². The fourth-order valence-corrected chi connectivity index (χ4v) is 1.75. The van der Waals surface area contributed by atoms with Crippen molar-refractivity contribution < 1.29 is 9.18 Å². The van der Waals surface area contributed by atoms with Crippen molar-refractivity contribution >= 4 is 18.3 Å². The summed E-state index contributed by atoms with van der Waals surface area (Å²) in [7, 11) is 3.64. The first kappa shape index (κ1) is 17.9. The molecule has 0 saturated heterocycles. The van der Waals surface area contributed by atoms with Gasteiger partial charge in [-0.25, -0.2) is 4.39 Å². The standard InChI is InChI=1S/C14H21FN2O.ClH/c1-11(12-5-4-6-13(15)10-12)9-14(18)17(3)8-7-16-2;/h4-6,10-11,16H,7-9H2,1-3H3;1H. The molecule has 1 N–H and O–H groups in total. The molecule has 0 aliphatic carbocycles. The van der Waals surface area contributed by atoms with Crippen LogP contribution in [0.2, 0.25) is 0 Å². The van der Waals surface area contributed by atoms with Crippen LogP contribution in [0.15, 0.2) is 24.3 Å². The van der Waals surface area contributed by atoms with Crippen molar-refractivity contribution in [2.24, 2.45) is 0 Å². The van der Waals surface area contributed by atoms with Crippen molar-refractivity contribution in [1.82, 2.24) is 10.2 Å². The minimum atomic E-state index is -0.254. The SMILES string of the molecule is CNCCN(C)C(=O)CC(C)c1cccc(F)c1.Cl. The van der Waals surface area contributed by atoms with Gasteiger partial charge in [0.05, 0.1) is 0 Å². The molecule has 1 aromatic carbocycles. The largest absolute Gasteiger partial charge is 0.344 e. The van der Waals surface area contributed by atoms with Gasteiger partial charge in [-0.05, 0) is 30.7 Å². The van der Waals surface area contributed by atoms with Gasteiger partial charge in [-0.3, -0.25) is 4.79 Å². The molecule has 5 heteroatoms. The van der Waals surface area contributed by atoms with Crippen molar-refractivity contribution in [2.75, 3.05) is 27.2 Å². The van der Waals surface area contributed by atoms with Gasteiger partial charge in [-0.15, -0.1) is 12.4 Å². The average Bonchev–Trinajstić information content (AvgIpc) is 2.35. The minimum Gasteiger partial charge on any atom is -0.344 e. The molecule has 0 bridgehead atoms. The quantitative estimate of drug-likeness (QED) is 0.872. The number of halogens is 2. The van der Waals surface area contributed by atoms with E-state index in [0.29, 0.717) is 13.0 Å². The summed E-state index contributed by atoms with van der Waals surface area (Å²) in [4.78, 5) is 13.6. The Morgan fingerprint density at radius 1 is 1.47 bits per heavy atom. The predicted octanol–water partition coefficient (Wildman–Crippen LogP) is 2.42. The molecule has 19 heavy (non-hydrogen) atoms. The Kier molecular flexibility index (Phi) is 8.35. The summed E-state index contributed by atoms with van der Waals surface area (Å²) < 4.78 is 13.1. The number of rotatable bonds is 6. The second-order valence-electron chi connectivity index (χ2n) is 4.58. The van der Waals surface area contributed by atoms with Crippen LogP contribution in [-0.4, -0.2) is 38.0 Å². The van der Waals surface area contributed by atoms with Crippen LogP contribution in [0, 0.1) is 5.82 Å². The number of nitrogens with one attached hydrogen (secondary N) is 1. The lowest BCUT2D eigenvalue weighted by Gasteiger charge is -2.19. The highest BCUT2D eigenvalue weighted by molar-refractivity contribution is 5.85. The van der Waals surface area contributed by atoms with E-state index in [0.717, 1.165) is 12.1 Å². The van der Waals surface area contributed by atoms with Crippen molar-refractivity contribution in [3.8, 4) is 0 Å². The molecule has 3 nitrogen and oxygen atoms in total. The van der Waals surface area contributed by atoms with E-state index in [1.807, 2.05) is 20.0 Å². The molecule has 0 heterocycles. The highest BCUT2D eigenvalue weighted by Crippen LogP contribution is 2.20. The first-order valence-electron chi connectivity index (χ1n) is 6.18. The fourth-order valence-electron chi connectivity index (χ4n) is 1.75. The number of likely N-dealkylation sites (N-methyl/N-ethyl adjacent to an activating group) is 2. The molecule has 0 radical (unpaired) electrons. The van der Waals surface area contributed by atoms with Crippen LogP contribution in [0.1, 0.15) is 24.8 Å². The summed E-state index contributed by atoms with van der Waals surface area (Å²) in [6.45, 7) is 3.40. The normalized spacial score (nSPS) is 11.6. The maximum Gasteiger partial charge on any atom is 0.222 e. The minimum absolute atomic E-state index is 0. The van der Waals surface area contributed by atoms with Crippen molar-refractivity contribution in [1.29, 1.82) is 0 Å². The molecule has 108 valence electrons. The van der Waals surface area contributed by atoms with Crippen LogP contribution in [0.5, 0.6) is 0 Å². The van der Waals surface area contributed by atoms with Crippen molar-refractivity contribution in [3.05, 3.63) is 35.6 Å². The zero-order valence-electron chi connectivity index (χ0n) is 11.6. The van der Waals surface area contributed by atoms with Gasteiger partial charge in [-0.2, -0.15) is 0 Å². The Morgan fingerprint density at radius 3 is 2.74 bits per heavy atom. The highest BCUT2D eigenvalue weighted by atomic mass is 35.5. The maximum atomic E-state index is 13.1. The lowest BCUT2D eigenvalue weighted by molar-refractivity contribution is -0.130.